The van der Waals surface area contributed by atoms with Crippen LogP contribution in [0.3, 0.4) is 0 Å². The first-order valence-corrected chi connectivity index (χ1v) is 9.26. The van der Waals surface area contributed by atoms with Crippen LogP contribution >= 0.6 is 0 Å². The number of carbonyl (C=O) groups is 2. The third kappa shape index (κ3) is 2.75. The number of benzene rings is 1. The van der Waals surface area contributed by atoms with Gasteiger partial charge in [0.15, 0.2) is 17.9 Å². The molecule has 29 heavy (non-hydrogen) atoms. The molecule has 3 aliphatic heterocycles. The second-order valence-corrected chi connectivity index (χ2v) is 6.85. The van der Waals surface area contributed by atoms with E-state index in [0.717, 1.165) is 5.23 Å². The Morgan fingerprint density at radius 2 is 1.93 bits per heavy atom. The van der Waals surface area contributed by atoms with Crippen LogP contribution in [-0.4, -0.2) is 67.2 Å². The van der Waals surface area contributed by atoms with Gasteiger partial charge in [-0.2, -0.15) is 0 Å². The van der Waals surface area contributed by atoms with Gasteiger partial charge < -0.3 is 19.0 Å². The van der Waals surface area contributed by atoms with Crippen molar-refractivity contribution in [1.82, 2.24) is 5.23 Å². The van der Waals surface area contributed by atoms with Gasteiger partial charge in [-0.05, 0) is 12.2 Å². The second kappa shape index (κ2) is 7.38. The lowest BCUT2D eigenvalue weighted by Gasteiger charge is -2.47. The molecule has 3 aliphatic rings. The zero-order valence-corrected chi connectivity index (χ0v) is 16.3. The fraction of sp³-hybridized carbons (Fsp3) is 0.526. The van der Waals surface area contributed by atoms with Crippen molar-refractivity contribution in [3.8, 4) is 0 Å². The molecule has 10 heteroatoms. The number of nitrogens with zero attached hydrogens (tertiary/aromatic N) is 2. The van der Waals surface area contributed by atoms with Crippen LogP contribution in [0.2, 0.25) is 0 Å². The van der Waals surface area contributed by atoms with Gasteiger partial charge >= 0.3 is 11.9 Å². The highest BCUT2D eigenvalue weighted by Gasteiger charge is 2.78. The maximum Gasteiger partial charge on any atom is 0.355 e. The van der Waals surface area contributed by atoms with Crippen molar-refractivity contribution in [1.29, 1.82) is 0 Å². The highest BCUT2D eigenvalue weighted by Crippen LogP contribution is 2.54. The number of carbonyl (C=O) groups excluding carboxylic acids is 2. The third-order valence-electron chi connectivity index (χ3n) is 5.41. The molecule has 4 atom stereocenters. The van der Waals surface area contributed by atoms with Crippen LogP contribution in [0.25, 0.3) is 0 Å². The molecule has 0 aliphatic carbocycles. The number of hydrogen-bond donors (Lipinski definition) is 0. The van der Waals surface area contributed by atoms with Crippen LogP contribution in [0.15, 0.2) is 35.5 Å². The lowest BCUT2D eigenvalue weighted by atomic mass is 9.69. The molecule has 0 amide bonds. The number of oxime groups is 1. The standard InChI is InChI=1S/C19H22N2O8/c1-4-26-14-11-19(17(23)25-3)18(10-13(16(22)24-2)27-21(18)28-14)15(20-29-19)12-8-6-5-7-9-12/h5-9,13-14H,4,10-11H2,1-3H3/t13-,14+,18+,19-/m1/s1. The molecule has 4 rings (SSSR count). The van der Waals surface area contributed by atoms with Gasteiger partial charge in [-0.15, -0.1) is 0 Å². The topological polar surface area (TPSA) is 105 Å². The summed E-state index contributed by atoms with van der Waals surface area (Å²) in [5, 5.41) is 5.35. The van der Waals surface area contributed by atoms with Gasteiger partial charge in [-0.25, -0.2) is 14.4 Å². The summed E-state index contributed by atoms with van der Waals surface area (Å²) in [7, 11) is 2.52. The molecule has 0 N–H and O–H groups in total. The van der Waals surface area contributed by atoms with E-state index in [1.165, 1.54) is 14.2 Å². The Balaban J connectivity index is 1.86. The minimum Gasteiger partial charge on any atom is -0.467 e. The van der Waals surface area contributed by atoms with Crippen LogP contribution in [0, 0.1) is 0 Å². The maximum atomic E-state index is 13.1. The van der Waals surface area contributed by atoms with E-state index in [4.69, 9.17) is 28.7 Å². The van der Waals surface area contributed by atoms with Crippen molar-refractivity contribution >= 4 is 17.7 Å². The molecule has 1 aromatic rings. The molecule has 0 aromatic heterocycles. The normalized spacial score (nSPS) is 33.3. The van der Waals surface area contributed by atoms with E-state index in [2.05, 4.69) is 5.16 Å². The molecule has 0 bridgehead atoms. The fourth-order valence-electron chi connectivity index (χ4n) is 4.12. The molecule has 0 radical (unpaired) electrons. The van der Waals surface area contributed by atoms with Crippen molar-refractivity contribution < 1.29 is 38.3 Å². The smallest absolute Gasteiger partial charge is 0.355 e. The van der Waals surface area contributed by atoms with Crippen LogP contribution in [0.1, 0.15) is 25.3 Å². The predicted octanol–water partition coefficient (Wildman–Crippen LogP) is 0.948. The average Bonchev–Trinajstić information content (AvgIpc) is 3.30. The first kappa shape index (κ1) is 19.8. The van der Waals surface area contributed by atoms with Gasteiger partial charge in [0.1, 0.15) is 5.71 Å². The molecule has 2 fully saturated rings. The Hall–Kier alpha value is -2.53. The van der Waals surface area contributed by atoms with Gasteiger partial charge in [-0.1, -0.05) is 35.5 Å². The summed E-state index contributed by atoms with van der Waals surface area (Å²) in [5.41, 5.74) is -1.91. The molecule has 1 spiro atoms. The summed E-state index contributed by atoms with van der Waals surface area (Å²) in [5.74, 6) is -1.28. The Bertz CT molecular complexity index is 831. The Morgan fingerprint density at radius 3 is 2.59 bits per heavy atom. The molecule has 10 nitrogen and oxygen atoms in total. The van der Waals surface area contributed by atoms with Crippen molar-refractivity contribution in [2.24, 2.45) is 5.16 Å². The SMILES string of the molecule is CCO[C@@H]1C[C@]2(C(=O)OC)ON=C(c3ccccc3)[C@@]23C[C@H](C(=O)OC)ON3O1. The second-order valence-electron chi connectivity index (χ2n) is 6.85. The van der Waals surface area contributed by atoms with Gasteiger partial charge in [0.25, 0.3) is 5.60 Å². The summed E-state index contributed by atoms with van der Waals surface area (Å²) in [6, 6.07) is 9.16. The minimum atomic E-state index is -1.63. The number of methoxy groups -OCH3 is 2. The minimum absolute atomic E-state index is 0.00109. The molecular formula is C19H22N2O8. The van der Waals surface area contributed by atoms with Crippen molar-refractivity contribution in [3.05, 3.63) is 35.9 Å². The van der Waals surface area contributed by atoms with Gasteiger partial charge in [0.2, 0.25) is 0 Å². The Kier molecular flexibility index (Phi) is 5.03. The van der Waals surface area contributed by atoms with E-state index < -0.39 is 35.5 Å². The number of hydrogen-bond acceptors (Lipinski definition) is 10. The molecule has 1 aromatic carbocycles. The van der Waals surface area contributed by atoms with Crippen LogP contribution < -0.4 is 0 Å². The molecule has 3 heterocycles. The molecular weight excluding hydrogens is 384 g/mol. The number of hydroxylamine groups is 2. The number of rotatable bonds is 5. The summed E-state index contributed by atoms with van der Waals surface area (Å²) >= 11 is 0. The van der Waals surface area contributed by atoms with Crippen molar-refractivity contribution in [2.75, 3.05) is 20.8 Å². The summed E-state index contributed by atoms with van der Waals surface area (Å²) in [6.07, 6.45) is -1.88. The van der Waals surface area contributed by atoms with Crippen LogP contribution in [-0.2, 0) is 38.3 Å². The van der Waals surface area contributed by atoms with Crippen molar-refractivity contribution in [2.45, 2.75) is 43.3 Å². The fourth-order valence-corrected chi connectivity index (χ4v) is 4.12. The first-order valence-electron chi connectivity index (χ1n) is 9.26. The van der Waals surface area contributed by atoms with Gasteiger partial charge in [0.05, 0.1) is 20.6 Å². The zero-order chi connectivity index (χ0) is 20.6. The summed E-state index contributed by atoms with van der Waals surface area (Å²) in [4.78, 5) is 42.7. The molecule has 0 saturated carbocycles. The van der Waals surface area contributed by atoms with E-state index >= 15 is 0 Å². The van der Waals surface area contributed by atoms with E-state index in [0.29, 0.717) is 17.9 Å². The number of ether oxygens (including phenoxy) is 3. The van der Waals surface area contributed by atoms with Gasteiger partial charge in [0, 0.05) is 18.6 Å². The summed E-state index contributed by atoms with van der Waals surface area (Å²) < 4.78 is 15.5. The van der Waals surface area contributed by atoms with E-state index in [1.807, 2.05) is 30.3 Å². The molecule has 156 valence electrons. The zero-order valence-electron chi connectivity index (χ0n) is 16.3. The first-order chi connectivity index (χ1) is 14.0. The molecule has 2 saturated heterocycles. The molecule has 0 unspecified atom stereocenters. The highest BCUT2D eigenvalue weighted by molar-refractivity contribution is 6.12. The Labute approximate surface area is 167 Å². The van der Waals surface area contributed by atoms with Crippen LogP contribution in [0.4, 0.5) is 0 Å². The maximum absolute atomic E-state index is 13.1. The van der Waals surface area contributed by atoms with E-state index in [1.54, 1.807) is 6.92 Å². The quantitative estimate of drug-likeness (QED) is 0.661. The number of esters is 2. The Morgan fingerprint density at radius 1 is 1.17 bits per heavy atom. The lowest BCUT2D eigenvalue weighted by molar-refractivity contribution is -0.460. The lowest BCUT2D eigenvalue weighted by Crippen LogP contribution is -2.71. The largest absolute Gasteiger partial charge is 0.467 e. The van der Waals surface area contributed by atoms with Crippen molar-refractivity contribution in [3.63, 3.8) is 0 Å². The van der Waals surface area contributed by atoms with E-state index in [-0.39, 0.29) is 12.8 Å². The highest BCUT2D eigenvalue weighted by atomic mass is 17.0. The summed E-state index contributed by atoms with van der Waals surface area (Å²) in [6.45, 7) is 2.12. The monoisotopic (exact) mass is 406 g/mol. The predicted molar refractivity (Wildman–Crippen MR) is 96.0 cm³/mol. The van der Waals surface area contributed by atoms with Crippen LogP contribution in [0.5, 0.6) is 0 Å². The third-order valence-corrected chi connectivity index (χ3v) is 5.41. The van der Waals surface area contributed by atoms with E-state index in [9.17, 15) is 9.59 Å². The average molecular weight is 406 g/mol. The van der Waals surface area contributed by atoms with Gasteiger partial charge in [-0.3, -0.25) is 4.84 Å².